The third-order valence-electron chi connectivity index (χ3n) is 5.10. The topological polar surface area (TPSA) is 59.5 Å². The zero-order valence-corrected chi connectivity index (χ0v) is 16.0. The van der Waals surface area contributed by atoms with Crippen LogP contribution in [0.2, 0.25) is 0 Å². The van der Waals surface area contributed by atoms with E-state index in [2.05, 4.69) is 4.98 Å². The van der Waals surface area contributed by atoms with E-state index in [4.69, 9.17) is 4.74 Å². The van der Waals surface area contributed by atoms with Crippen molar-refractivity contribution in [2.24, 2.45) is 0 Å². The Hall–Kier alpha value is -3.47. The molecule has 1 aliphatic heterocycles. The molecule has 3 aromatic rings. The molecule has 0 spiro atoms. The fourth-order valence-corrected chi connectivity index (χ4v) is 3.57. The minimum absolute atomic E-state index is 0.0597. The lowest BCUT2D eigenvalue weighted by Gasteiger charge is -2.32. The highest BCUT2D eigenvalue weighted by Gasteiger charge is 2.27. The number of ketones is 1. The van der Waals surface area contributed by atoms with E-state index in [1.807, 2.05) is 30.3 Å². The third kappa shape index (κ3) is 4.35. The maximum absolute atomic E-state index is 13.1. The first-order valence-electron chi connectivity index (χ1n) is 9.77. The molecular formula is C24H22N2O3. The van der Waals surface area contributed by atoms with Gasteiger partial charge in [0.15, 0.2) is 5.78 Å². The van der Waals surface area contributed by atoms with Crippen LogP contribution in [0.5, 0.6) is 5.75 Å². The van der Waals surface area contributed by atoms with Gasteiger partial charge in [0.1, 0.15) is 11.9 Å². The number of aromatic nitrogens is 1. The molecule has 0 unspecified atom stereocenters. The maximum Gasteiger partial charge on any atom is 0.254 e. The maximum atomic E-state index is 13.1. The summed E-state index contributed by atoms with van der Waals surface area (Å²) >= 11 is 0. The highest BCUT2D eigenvalue weighted by Crippen LogP contribution is 2.22. The van der Waals surface area contributed by atoms with Crippen molar-refractivity contribution in [3.8, 4) is 5.75 Å². The zero-order valence-electron chi connectivity index (χ0n) is 16.0. The van der Waals surface area contributed by atoms with Gasteiger partial charge in [-0.25, -0.2) is 0 Å². The molecule has 0 N–H and O–H groups in total. The molecule has 5 heteroatoms. The van der Waals surface area contributed by atoms with Crippen LogP contribution < -0.4 is 4.74 Å². The number of amides is 1. The second-order valence-electron chi connectivity index (χ2n) is 7.04. The van der Waals surface area contributed by atoms with Crippen molar-refractivity contribution in [2.45, 2.75) is 18.9 Å². The molecule has 1 fully saturated rings. The van der Waals surface area contributed by atoms with Crippen LogP contribution in [0.4, 0.5) is 0 Å². The number of rotatable bonds is 5. The Bertz CT molecular complexity index is 981. The molecule has 4 rings (SSSR count). The van der Waals surface area contributed by atoms with Gasteiger partial charge in [-0.2, -0.15) is 0 Å². The number of pyridine rings is 1. The second-order valence-corrected chi connectivity index (χ2v) is 7.04. The summed E-state index contributed by atoms with van der Waals surface area (Å²) in [5.41, 5.74) is 1.47. The number of benzene rings is 2. The van der Waals surface area contributed by atoms with Crippen molar-refractivity contribution in [3.63, 3.8) is 0 Å². The summed E-state index contributed by atoms with van der Waals surface area (Å²) in [7, 11) is 0. The van der Waals surface area contributed by atoms with Gasteiger partial charge in [-0.05, 0) is 18.2 Å². The van der Waals surface area contributed by atoms with Crippen LogP contribution in [0.1, 0.15) is 39.1 Å². The molecule has 0 saturated carbocycles. The van der Waals surface area contributed by atoms with Gasteiger partial charge in [0.25, 0.3) is 5.91 Å². The SMILES string of the molecule is O=C(c1ccccc1)c1ccccc1C(=O)N1CCC(Oc2cccnc2)CC1. The quantitative estimate of drug-likeness (QED) is 0.622. The van der Waals surface area contributed by atoms with Crippen molar-refractivity contribution < 1.29 is 14.3 Å². The van der Waals surface area contributed by atoms with Crippen LogP contribution >= 0.6 is 0 Å². The van der Waals surface area contributed by atoms with Gasteiger partial charge < -0.3 is 9.64 Å². The van der Waals surface area contributed by atoms with Gasteiger partial charge in [-0.15, -0.1) is 0 Å². The lowest BCUT2D eigenvalue weighted by Crippen LogP contribution is -2.42. The Kier molecular flexibility index (Phi) is 5.66. The average Bonchev–Trinajstić information content (AvgIpc) is 2.80. The summed E-state index contributed by atoms with van der Waals surface area (Å²) in [6.07, 6.45) is 4.96. The van der Waals surface area contributed by atoms with Gasteiger partial charge >= 0.3 is 0 Å². The minimum atomic E-state index is -0.135. The molecule has 29 heavy (non-hydrogen) atoms. The smallest absolute Gasteiger partial charge is 0.254 e. The summed E-state index contributed by atoms with van der Waals surface area (Å²) < 4.78 is 5.95. The van der Waals surface area contributed by atoms with Gasteiger partial charge in [-0.3, -0.25) is 14.6 Å². The number of nitrogens with zero attached hydrogens (tertiary/aromatic N) is 2. The van der Waals surface area contributed by atoms with Crippen LogP contribution in [0.25, 0.3) is 0 Å². The molecule has 2 heterocycles. The number of likely N-dealkylation sites (tertiary alicyclic amines) is 1. The third-order valence-corrected chi connectivity index (χ3v) is 5.10. The first kappa shape index (κ1) is 18.9. The van der Waals surface area contributed by atoms with Crippen LogP contribution in [0, 0.1) is 0 Å². The molecular weight excluding hydrogens is 364 g/mol. The molecule has 1 saturated heterocycles. The van der Waals surface area contributed by atoms with E-state index in [9.17, 15) is 9.59 Å². The van der Waals surface area contributed by atoms with Gasteiger partial charge in [0, 0.05) is 43.3 Å². The van der Waals surface area contributed by atoms with Crippen molar-refractivity contribution in [1.29, 1.82) is 0 Å². The average molecular weight is 386 g/mol. The fraction of sp³-hybridized carbons (Fsp3) is 0.208. The highest BCUT2D eigenvalue weighted by molar-refractivity contribution is 6.15. The normalized spacial score (nSPS) is 14.4. The number of hydrogen-bond donors (Lipinski definition) is 0. The van der Waals surface area contributed by atoms with E-state index < -0.39 is 0 Å². The molecule has 0 atom stereocenters. The molecule has 1 aromatic heterocycles. The predicted molar refractivity (Wildman–Crippen MR) is 110 cm³/mol. The summed E-state index contributed by atoms with van der Waals surface area (Å²) in [6, 6.07) is 19.8. The highest BCUT2D eigenvalue weighted by atomic mass is 16.5. The van der Waals surface area contributed by atoms with Crippen molar-refractivity contribution >= 4 is 11.7 Å². The van der Waals surface area contributed by atoms with Crippen LogP contribution in [0.15, 0.2) is 79.1 Å². The largest absolute Gasteiger partial charge is 0.489 e. The number of carbonyl (C=O) groups is 2. The van der Waals surface area contributed by atoms with Crippen LogP contribution in [-0.4, -0.2) is 40.8 Å². The minimum Gasteiger partial charge on any atom is -0.489 e. The molecule has 1 amide bonds. The first-order chi connectivity index (χ1) is 14.2. The van der Waals surface area contributed by atoms with E-state index in [0.29, 0.717) is 29.8 Å². The predicted octanol–water partition coefficient (Wildman–Crippen LogP) is 4.00. The molecule has 146 valence electrons. The molecule has 0 radical (unpaired) electrons. The number of carbonyl (C=O) groups excluding carboxylic acids is 2. The lowest BCUT2D eigenvalue weighted by molar-refractivity contribution is 0.0592. The van der Waals surface area contributed by atoms with E-state index in [1.54, 1.807) is 53.7 Å². The van der Waals surface area contributed by atoms with Crippen molar-refractivity contribution in [1.82, 2.24) is 9.88 Å². The van der Waals surface area contributed by atoms with E-state index in [0.717, 1.165) is 18.6 Å². The Morgan fingerprint density at radius 1 is 0.862 bits per heavy atom. The van der Waals surface area contributed by atoms with E-state index in [-0.39, 0.29) is 17.8 Å². The van der Waals surface area contributed by atoms with E-state index >= 15 is 0 Å². The number of hydrogen-bond acceptors (Lipinski definition) is 4. The Morgan fingerprint density at radius 3 is 2.24 bits per heavy atom. The summed E-state index contributed by atoms with van der Waals surface area (Å²) in [4.78, 5) is 31.9. The van der Waals surface area contributed by atoms with Gasteiger partial charge in [0.2, 0.25) is 0 Å². The van der Waals surface area contributed by atoms with Crippen molar-refractivity contribution in [3.05, 3.63) is 95.8 Å². The Morgan fingerprint density at radius 2 is 1.55 bits per heavy atom. The first-order valence-corrected chi connectivity index (χ1v) is 9.77. The van der Waals surface area contributed by atoms with Gasteiger partial charge in [-0.1, -0.05) is 48.5 Å². The fourth-order valence-electron chi connectivity index (χ4n) is 3.57. The number of ether oxygens (including phenoxy) is 1. The van der Waals surface area contributed by atoms with E-state index in [1.165, 1.54) is 0 Å². The summed E-state index contributed by atoms with van der Waals surface area (Å²) in [6.45, 7) is 1.19. The Balaban J connectivity index is 1.45. The summed E-state index contributed by atoms with van der Waals surface area (Å²) in [5, 5.41) is 0. The van der Waals surface area contributed by atoms with Crippen LogP contribution in [0.3, 0.4) is 0 Å². The lowest BCUT2D eigenvalue weighted by atomic mass is 9.97. The summed E-state index contributed by atoms with van der Waals surface area (Å²) in [5.74, 6) is 0.505. The van der Waals surface area contributed by atoms with Gasteiger partial charge in [0.05, 0.1) is 11.8 Å². The number of piperidine rings is 1. The molecule has 1 aliphatic rings. The zero-order chi connectivity index (χ0) is 20.1. The molecule has 2 aromatic carbocycles. The van der Waals surface area contributed by atoms with Crippen LogP contribution in [-0.2, 0) is 0 Å². The molecule has 5 nitrogen and oxygen atoms in total. The monoisotopic (exact) mass is 386 g/mol. The molecule has 0 bridgehead atoms. The molecule has 0 aliphatic carbocycles. The van der Waals surface area contributed by atoms with Crippen molar-refractivity contribution in [2.75, 3.05) is 13.1 Å². The second kappa shape index (κ2) is 8.69. The Labute approximate surface area is 170 Å². The standard InChI is InChI=1S/C24H22N2O3/c27-23(18-7-2-1-3-8-18)21-10-4-5-11-22(21)24(28)26-15-12-19(13-16-26)29-20-9-6-14-25-17-20/h1-11,14,17,19H,12-13,15-16H2.